The molecule has 3 rings (SSSR count). The van der Waals surface area contributed by atoms with Crippen molar-refractivity contribution < 1.29 is 4.79 Å². The fourth-order valence-corrected chi connectivity index (χ4v) is 3.33. The maximum atomic E-state index is 12.5. The molecule has 128 valence electrons. The van der Waals surface area contributed by atoms with E-state index in [1.54, 1.807) is 0 Å². The molecule has 0 aliphatic carbocycles. The Balaban J connectivity index is 1.54. The van der Waals surface area contributed by atoms with Crippen LogP contribution in [-0.2, 0) is 11.2 Å². The van der Waals surface area contributed by atoms with Crippen molar-refractivity contribution in [2.75, 3.05) is 13.1 Å². The van der Waals surface area contributed by atoms with Gasteiger partial charge in [-0.3, -0.25) is 4.79 Å². The molecule has 2 aromatic rings. The van der Waals surface area contributed by atoms with E-state index in [9.17, 15) is 4.79 Å². The van der Waals surface area contributed by atoms with Crippen molar-refractivity contribution in [3.8, 4) is 6.07 Å². The minimum Gasteiger partial charge on any atom is -0.341 e. The highest BCUT2D eigenvalue weighted by atomic mass is 16.2. The molecule has 1 aliphatic heterocycles. The second-order valence-electron chi connectivity index (χ2n) is 6.61. The van der Waals surface area contributed by atoms with E-state index in [2.05, 4.69) is 18.3 Å². The Morgan fingerprint density at radius 1 is 1.28 bits per heavy atom. The van der Waals surface area contributed by atoms with Gasteiger partial charge in [-0.05, 0) is 36.6 Å². The molecule has 2 aromatic carbocycles. The van der Waals surface area contributed by atoms with Crippen LogP contribution in [0.3, 0.4) is 0 Å². The van der Waals surface area contributed by atoms with Crippen molar-refractivity contribution in [2.24, 2.45) is 0 Å². The molecule has 25 heavy (non-hydrogen) atoms. The average Bonchev–Trinajstić information content (AvgIpc) is 3.11. The normalized spacial score (nSPS) is 17.9. The van der Waals surface area contributed by atoms with E-state index in [0.717, 1.165) is 30.6 Å². The molecule has 1 saturated heterocycles. The Bertz CT molecular complexity index is 766. The van der Waals surface area contributed by atoms with E-state index >= 15 is 0 Å². The zero-order valence-electron chi connectivity index (χ0n) is 14.5. The Labute approximate surface area is 149 Å². The fraction of sp³-hybridized carbons (Fsp3) is 0.333. The van der Waals surface area contributed by atoms with Gasteiger partial charge in [0.25, 0.3) is 0 Å². The molecule has 0 unspecified atom stereocenters. The second-order valence-corrected chi connectivity index (χ2v) is 6.61. The van der Waals surface area contributed by atoms with Crippen molar-refractivity contribution in [1.29, 1.82) is 5.26 Å². The largest absolute Gasteiger partial charge is 0.341 e. The lowest BCUT2D eigenvalue weighted by molar-refractivity contribution is -0.129. The molecule has 0 saturated carbocycles. The summed E-state index contributed by atoms with van der Waals surface area (Å²) in [5.41, 5.74) is 2.84. The molecule has 1 fully saturated rings. The predicted molar refractivity (Wildman–Crippen MR) is 97.8 cm³/mol. The van der Waals surface area contributed by atoms with E-state index in [0.29, 0.717) is 18.0 Å². The highest BCUT2D eigenvalue weighted by Gasteiger charge is 2.27. The van der Waals surface area contributed by atoms with Gasteiger partial charge in [-0.1, -0.05) is 42.5 Å². The number of benzene rings is 2. The molecular formula is C21H23N3O. The molecule has 4 nitrogen and oxygen atoms in total. The summed E-state index contributed by atoms with van der Waals surface area (Å²) in [7, 11) is 0. The molecule has 1 heterocycles. The number of nitrogens with zero attached hydrogens (tertiary/aromatic N) is 2. The zero-order valence-corrected chi connectivity index (χ0v) is 14.5. The Morgan fingerprint density at radius 3 is 2.84 bits per heavy atom. The number of hydrogen-bond donors (Lipinski definition) is 1. The highest BCUT2D eigenvalue weighted by molar-refractivity contribution is 5.79. The lowest BCUT2D eigenvalue weighted by Crippen LogP contribution is -2.36. The first-order valence-electron chi connectivity index (χ1n) is 8.73. The molecule has 0 spiro atoms. The SMILES string of the molecule is C[C@H](N[C@@H]1CCN(C(=O)Cc2ccccc2)C1)c1cccc(C#N)c1. The van der Waals surface area contributed by atoms with Crippen LogP contribution in [-0.4, -0.2) is 29.9 Å². The maximum absolute atomic E-state index is 12.5. The third-order valence-electron chi connectivity index (χ3n) is 4.74. The third kappa shape index (κ3) is 4.46. The summed E-state index contributed by atoms with van der Waals surface area (Å²) in [6.07, 6.45) is 1.43. The van der Waals surface area contributed by atoms with Gasteiger partial charge < -0.3 is 10.2 Å². The summed E-state index contributed by atoms with van der Waals surface area (Å²) >= 11 is 0. The summed E-state index contributed by atoms with van der Waals surface area (Å²) in [5.74, 6) is 0.189. The van der Waals surface area contributed by atoms with Crippen LogP contribution >= 0.6 is 0 Å². The zero-order chi connectivity index (χ0) is 17.6. The lowest BCUT2D eigenvalue weighted by atomic mass is 10.0. The Hall–Kier alpha value is -2.64. The number of carbonyl (C=O) groups is 1. The van der Waals surface area contributed by atoms with E-state index in [4.69, 9.17) is 5.26 Å². The third-order valence-corrected chi connectivity index (χ3v) is 4.74. The van der Waals surface area contributed by atoms with Crippen LogP contribution in [0.15, 0.2) is 54.6 Å². The number of hydrogen-bond acceptors (Lipinski definition) is 3. The Kier molecular flexibility index (Phi) is 5.47. The van der Waals surface area contributed by atoms with E-state index in [1.807, 2.05) is 59.5 Å². The quantitative estimate of drug-likeness (QED) is 0.915. The van der Waals surface area contributed by atoms with Crippen molar-refractivity contribution in [3.05, 3.63) is 71.3 Å². The second kappa shape index (κ2) is 7.96. The fourth-order valence-electron chi connectivity index (χ4n) is 3.33. The standard InChI is InChI=1S/C21H23N3O/c1-16(19-9-5-8-18(12-19)14-22)23-20-10-11-24(15-20)21(25)13-17-6-3-2-4-7-17/h2-9,12,16,20,23H,10-11,13,15H2,1H3/t16-,20+/m0/s1. The van der Waals surface area contributed by atoms with Gasteiger partial charge >= 0.3 is 0 Å². The lowest BCUT2D eigenvalue weighted by Gasteiger charge is -2.21. The first-order chi connectivity index (χ1) is 12.2. The number of nitriles is 1. The Morgan fingerprint density at radius 2 is 2.08 bits per heavy atom. The predicted octanol–water partition coefficient (Wildman–Crippen LogP) is 3.05. The molecule has 2 atom stereocenters. The van der Waals surface area contributed by atoms with Crippen LogP contribution < -0.4 is 5.32 Å². The molecule has 4 heteroatoms. The smallest absolute Gasteiger partial charge is 0.227 e. The summed E-state index contributed by atoms with van der Waals surface area (Å²) in [6, 6.07) is 20.2. The van der Waals surface area contributed by atoms with Gasteiger partial charge in [0.2, 0.25) is 5.91 Å². The number of carbonyl (C=O) groups excluding carboxylic acids is 1. The molecule has 1 aliphatic rings. The molecular weight excluding hydrogens is 310 g/mol. The van der Waals surface area contributed by atoms with Crippen LogP contribution in [0.1, 0.15) is 36.1 Å². The molecule has 0 aromatic heterocycles. The monoisotopic (exact) mass is 333 g/mol. The highest BCUT2D eigenvalue weighted by Crippen LogP contribution is 2.18. The molecule has 0 radical (unpaired) electrons. The number of likely N-dealkylation sites (tertiary alicyclic amines) is 1. The van der Waals surface area contributed by atoms with Crippen LogP contribution in [0, 0.1) is 11.3 Å². The summed E-state index contributed by atoms with van der Waals surface area (Å²) < 4.78 is 0. The van der Waals surface area contributed by atoms with E-state index in [1.165, 1.54) is 0 Å². The van der Waals surface area contributed by atoms with Gasteiger partial charge in [-0.2, -0.15) is 5.26 Å². The number of nitrogens with one attached hydrogen (secondary N) is 1. The summed E-state index contributed by atoms with van der Waals surface area (Å²) in [5, 5.41) is 12.6. The average molecular weight is 333 g/mol. The van der Waals surface area contributed by atoms with Gasteiger partial charge in [0.05, 0.1) is 18.1 Å². The molecule has 1 N–H and O–H groups in total. The maximum Gasteiger partial charge on any atom is 0.227 e. The van der Waals surface area contributed by atoms with E-state index in [-0.39, 0.29) is 11.9 Å². The number of rotatable bonds is 5. The van der Waals surface area contributed by atoms with Gasteiger partial charge in [-0.15, -0.1) is 0 Å². The van der Waals surface area contributed by atoms with Crippen molar-refractivity contribution in [1.82, 2.24) is 10.2 Å². The van der Waals surface area contributed by atoms with Gasteiger partial charge in [0.1, 0.15) is 0 Å². The number of amides is 1. The van der Waals surface area contributed by atoms with Crippen molar-refractivity contribution >= 4 is 5.91 Å². The molecule has 1 amide bonds. The van der Waals surface area contributed by atoms with Gasteiger partial charge in [0, 0.05) is 25.2 Å². The van der Waals surface area contributed by atoms with Gasteiger partial charge in [-0.25, -0.2) is 0 Å². The van der Waals surface area contributed by atoms with Crippen LogP contribution in [0.2, 0.25) is 0 Å². The van der Waals surface area contributed by atoms with Gasteiger partial charge in [0.15, 0.2) is 0 Å². The first-order valence-corrected chi connectivity index (χ1v) is 8.73. The minimum absolute atomic E-state index is 0.155. The van der Waals surface area contributed by atoms with Crippen molar-refractivity contribution in [2.45, 2.75) is 31.8 Å². The van der Waals surface area contributed by atoms with Crippen LogP contribution in [0.25, 0.3) is 0 Å². The summed E-state index contributed by atoms with van der Waals surface area (Å²) in [6.45, 7) is 3.65. The van der Waals surface area contributed by atoms with Crippen LogP contribution in [0.5, 0.6) is 0 Å². The van der Waals surface area contributed by atoms with Crippen molar-refractivity contribution in [3.63, 3.8) is 0 Å². The summed E-state index contributed by atoms with van der Waals surface area (Å²) in [4.78, 5) is 14.4. The van der Waals surface area contributed by atoms with Crippen LogP contribution in [0.4, 0.5) is 0 Å². The molecule has 0 bridgehead atoms. The topological polar surface area (TPSA) is 56.1 Å². The first kappa shape index (κ1) is 17.2. The van der Waals surface area contributed by atoms with E-state index < -0.39 is 0 Å². The minimum atomic E-state index is 0.155.